The summed E-state index contributed by atoms with van der Waals surface area (Å²) in [6.07, 6.45) is 3.46. The molecule has 2 nitrogen and oxygen atoms in total. The Morgan fingerprint density at radius 3 is 2.59 bits per heavy atom. The van der Waals surface area contributed by atoms with Gasteiger partial charge < -0.3 is 5.73 Å². The van der Waals surface area contributed by atoms with Gasteiger partial charge in [-0.25, -0.2) is 0 Å². The standard InChI is InChI=1S/C13H23BrN2S/c1-4-6-13(5-2,10-15)16(3)8-11-7-12(14)17-9-11/h7,9H,4-6,8,10,15H2,1-3H3. The Morgan fingerprint density at radius 1 is 1.47 bits per heavy atom. The molecule has 4 heteroatoms. The molecule has 1 aromatic heterocycles. The molecule has 1 rings (SSSR count). The lowest BCUT2D eigenvalue weighted by Gasteiger charge is -2.40. The number of nitrogens with zero attached hydrogens (tertiary/aromatic N) is 1. The third kappa shape index (κ3) is 3.78. The Kier molecular flexibility index (Phi) is 6.13. The molecule has 0 amide bonds. The first-order chi connectivity index (χ1) is 8.07. The van der Waals surface area contributed by atoms with E-state index in [1.165, 1.54) is 22.2 Å². The molecule has 0 aromatic carbocycles. The van der Waals surface area contributed by atoms with Crippen LogP contribution in [0.15, 0.2) is 15.2 Å². The highest BCUT2D eigenvalue weighted by Gasteiger charge is 2.30. The Morgan fingerprint density at radius 2 is 2.18 bits per heavy atom. The van der Waals surface area contributed by atoms with Crippen LogP contribution in [0, 0.1) is 0 Å². The van der Waals surface area contributed by atoms with Crippen LogP contribution in [0.5, 0.6) is 0 Å². The molecule has 17 heavy (non-hydrogen) atoms. The molecule has 0 aliphatic rings. The Balaban J connectivity index is 2.74. The maximum absolute atomic E-state index is 6.02. The van der Waals surface area contributed by atoms with Crippen molar-refractivity contribution in [1.29, 1.82) is 0 Å². The Bertz CT molecular complexity index is 334. The molecule has 0 aliphatic carbocycles. The molecular formula is C13H23BrN2S. The molecule has 0 bridgehead atoms. The minimum atomic E-state index is 0.156. The second-order valence-corrected chi connectivity index (χ2v) is 6.94. The van der Waals surface area contributed by atoms with Crippen molar-refractivity contribution in [2.45, 2.75) is 45.2 Å². The normalized spacial score (nSPS) is 15.2. The summed E-state index contributed by atoms with van der Waals surface area (Å²) in [4.78, 5) is 2.42. The van der Waals surface area contributed by atoms with E-state index in [9.17, 15) is 0 Å². The van der Waals surface area contributed by atoms with Crippen molar-refractivity contribution in [1.82, 2.24) is 4.90 Å². The van der Waals surface area contributed by atoms with E-state index in [1.807, 2.05) is 0 Å². The molecule has 1 unspecified atom stereocenters. The van der Waals surface area contributed by atoms with E-state index in [-0.39, 0.29) is 5.54 Å². The molecule has 0 saturated carbocycles. The van der Waals surface area contributed by atoms with Crippen molar-refractivity contribution in [3.63, 3.8) is 0 Å². The zero-order chi connectivity index (χ0) is 12.9. The van der Waals surface area contributed by atoms with Crippen LogP contribution in [-0.4, -0.2) is 24.0 Å². The third-order valence-corrected chi connectivity index (χ3v) is 5.16. The van der Waals surface area contributed by atoms with Gasteiger partial charge in [0.05, 0.1) is 3.79 Å². The molecule has 1 atom stereocenters. The fourth-order valence-electron chi connectivity index (χ4n) is 2.38. The fourth-order valence-corrected chi connectivity index (χ4v) is 3.58. The summed E-state index contributed by atoms with van der Waals surface area (Å²) in [5, 5.41) is 2.21. The van der Waals surface area contributed by atoms with Crippen LogP contribution < -0.4 is 5.73 Å². The van der Waals surface area contributed by atoms with Crippen LogP contribution in [0.3, 0.4) is 0 Å². The van der Waals surface area contributed by atoms with Crippen molar-refractivity contribution in [2.24, 2.45) is 5.73 Å². The summed E-state index contributed by atoms with van der Waals surface area (Å²) in [6.45, 7) is 6.18. The summed E-state index contributed by atoms with van der Waals surface area (Å²) in [5.74, 6) is 0. The zero-order valence-corrected chi connectivity index (χ0v) is 13.4. The highest BCUT2D eigenvalue weighted by Crippen LogP contribution is 2.27. The molecule has 0 saturated heterocycles. The monoisotopic (exact) mass is 318 g/mol. The van der Waals surface area contributed by atoms with Crippen LogP contribution >= 0.6 is 27.3 Å². The SMILES string of the molecule is CCCC(CC)(CN)N(C)Cc1csc(Br)c1. The Labute approximate surface area is 117 Å². The van der Waals surface area contributed by atoms with Crippen LogP contribution in [0.2, 0.25) is 0 Å². The average molecular weight is 319 g/mol. The van der Waals surface area contributed by atoms with Crippen molar-refractivity contribution in [2.75, 3.05) is 13.6 Å². The van der Waals surface area contributed by atoms with Crippen molar-refractivity contribution in [3.05, 3.63) is 20.8 Å². The first-order valence-corrected chi connectivity index (χ1v) is 7.89. The van der Waals surface area contributed by atoms with Crippen LogP contribution in [0.25, 0.3) is 0 Å². The first kappa shape index (κ1) is 15.2. The van der Waals surface area contributed by atoms with Gasteiger partial charge in [0.15, 0.2) is 0 Å². The van der Waals surface area contributed by atoms with E-state index in [0.717, 1.165) is 19.5 Å². The topological polar surface area (TPSA) is 29.3 Å². The number of thiophene rings is 1. The van der Waals surface area contributed by atoms with E-state index >= 15 is 0 Å². The summed E-state index contributed by atoms with van der Waals surface area (Å²) in [5.41, 5.74) is 7.54. The minimum absolute atomic E-state index is 0.156. The molecule has 1 heterocycles. The first-order valence-electron chi connectivity index (χ1n) is 6.22. The van der Waals surface area contributed by atoms with Gasteiger partial charge in [0.25, 0.3) is 0 Å². The number of hydrogen-bond donors (Lipinski definition) is 1. The molecule has 98 valence electrons. The second kappa shape index (κ2) is 6.88. The summed E-state index contributed by atoms with van der Waals surface area (Å²) >= 11 is 5.26. The summed E-state index contributed by atoms with van der Waals surface area (Å²) < 4.78 is 1.20. The highest BCUT2D eigenvalue weighted by molar-refractivity contribution is 9.11. The van der Waals surface area contributed by atoms with Crippen molar-refractivity contribution >= 4 is 27.3 Å². The van der Waals surface area contributed by atoms with E-state index in [1.54, 1.807) is 11.3 Å². The molecule has 2 N–H and O–H groups in total. The van der Waals surface area contributed by atoms with E-state index in [2.05, 4.69) is 53.2 Å². The van der Waals surface area contributed by atoms with Crippen LogP contribution in [0.1, 0.15) is 38.7 Å². The number of likely N-dealkylation sites (N-methyl/N-ethyl adjacent to an activating group) is 1. The predicted molar refractivity (Wildman–Crippen MR) is 80.5 cm³/mol. The third-order valence-electron chi connectivity index (χ3n) is 3.60. The maximum Gasteiger partial charge on any atom is 0.0701 e. The molecule has 0 fully saturated rings. The smallest absolute Gasteiger partial charge is 0.0701 e. The van der Waals surface area contributed by atoms with Gasteiger partial charge in [0.2, 0.25) is 0 Å². The molecule has 0 spiro atoms. The van der Waals surface area contributed by atoms with Crippen LogP contribution in [0.4, 0.5) is 0 Å². The highest BCUT2D eigenvalue weighted by atomic mass is 79.9. The van der Waals surface area contributed by atoms with Crippen molar-refractivity contribution < 1.29 is 0 Å². The molecule has 1 aromatic rings. The second-order valence-electron chi connectivity index (χ2n) is 4.65. The minimum Gasteiger partial charge on any atom is -0.329 e. The van der Waals surface area contributed by atoms with E-state index in [0.29, 0.717) is 0 Å². The summed E-state index contributed by atoms with van der Waals surface area (Å²) in [7, 11) is 2.19. The van der Waals surface area contributed by atoms with E-state index in [4.69, 9.17) is 5.73 Å². The summed E-state index contributed by atoms with van der Waals surface area (Å²) in [6, 6.07) is 2.20. The lowest BCUT2D eigenvalue weighted by Crippen LogP contribution is -2.51. The quantitative estimate of drug-likeness (QED) is 0.827. The van der Waals surface area contributed by atoms with Gasteiger partial charge in [0, 0.05) is 18.6 Å². The lowest BCUT2D eigenvalue weighted by atomic mass is 9.88. The molecule has 0 radical (unpaired) electrons. The van der Waals surface area contributed by atoms with Gasteiger partial charge in [-0.1, -0.05) is 20.3 Å². The van der Waals surface area contributed by atoms with Gasteiger partial charge in [-0.05, 0) is 52.8 Å². The van der Waals surface area contributed by atoms with Crippen molar-refractivity contribution in [3.8, 4) is 0 Å². The van der Waals surface area contributed by atoms with Gasteiger partial charge in [-0.2, -0.15) is 0 Å². The van der Waals surface area contributed by atoms with Crippen LogP contribution in [-0.2, 0) is 6.54 Å². The van der Waals surface area contributed by atoms with Gasteiger partial charge in [-0.3, -0.25) is 4.90 Å². The number of nitrogens with two attached hydrogens (primary N) is 1. The van der Waals surface area contributed by atoms with Gasteiger partial charge in [0.1, 0.15) is 0 Å². The number of halogens is 1. The fraction of sp³-hybridized carbons (Fsp3) is 0.692. The maximum atomic E-state index is 6.02. The predicted octanol–water partition coefficient (Wildman–Crippen LogP) is 3.85. The molecular weight excluding hydrogens is 296 g/mol. The van der Waals surface area contributed by atoms with Gasteiger partial charge >= 0.3 is 0 Å². The number of rotatable bonds is 7. The van der Waals surface area contributed by atoms with E-state index < -0.39 is 0 Å². The zero-order valence-electron chi connectivity index (χ0n) is 11.0. The average Bonchev–Trinajstić information content (AvgIpc) is 2.71. The van der Waals surface area contributed by atoms with Gasteiger partial charge in [-0.15, -0.1) is 11.3 Å². The molecule has 0 aliphatic heterocycles. The lowest BCUT2D eigenvalue weighted by molar-refractivity contribution is 0.102. The largest absolute Gasteiger partial charge is 0.329 e. The Hall–Kier alpha value is 0.100. The number of hydrogen-bond acceptors (Lipinski definition) is 3.